The minimum atomic E-state index is -0.269. The van der Waals surface area contributed by atoms with Gasteiger partial charge in [-0.1, -0.05) is 0 Å². The molecule has 0 atom stereocenters. The van der Waals surface area contributed by atoms with Gasteiger partial charge in [-0.2, -0.15) is 0 Å². The number of hydrazine groups is 1. The maximum atomic E-state index is 10.3. The Labute approximate surface area is 76.8 Å². The van der Waals surface area contributed by atoms with Crippen molar-refractivity contribution in [1.29, 1.82) is 0 Å². The fourth-order valence-corrected chi connectivity index (χ4v) is 0.779. The number of hydrogen-bond donors (Lipinski definition) is 4. The zero-order chi connectivity index (χ0) is 9.40. The summed E-state index contributed by atoms with van der Waals surface area (Å²) in [5.74, 6) is 4.74. The fraction of sp³-hybridized carbons (Fsp3) is 0.667. The molecule has 0 aromatic rings. The van der Waals surface area contributed by atoms with Crippen LogP contribution in [0.2, 0.25) is 0 Å². The van der Waals surface area contributed by atoms with Crippen LogP contribution in [0.5, 0.6) is 0 Å². The van der Waals surface area contributed by atoms with Crippen molar-refractivity contribution in [3.63, 3.8) is 0 Å². The summed E-state index contributed by atoms with van der Waals surface area (Å²) >= 11 is 4.72. The summed E-state index contributed by atoms with van der Waals surface area (Å²) < 4.78 is 0. The highest BCUT2D eigenvalue weighted by molar-refractivity contribution is 7.80. The zero-order valence-corrected chi connectivity index (χ0v) is 7.62. The number of thiocarbonyl (C=S) groups is 1. The molecule has 0 aromatic heterocycles. The van der Waals surface area contributed by atoms with Crippen LogP contribution in [0.1, 0.15) is 19.3 Å². The van der Waals surface area contributed by atoms with E-state index in [4.69, 9.17) is 23.8 Å². The molecule has 0 radical (unpaired) electrons. The SMILES string of the molecule is NNC(=S)NCCCCC(N)=O. The lowest BCUT2D eigenvalue weighted by Gasteiger charge is -2.05. The average Bonchev–Trinajstić information content (AvgIpc) is 2.03. The van der Waals surface area contributed by atoms with Crippen LogP contribution in [0, 0.1) is 0 Å². The van der Waals surface area contributed by atoms with Gasteiger partial charge in [0.1, 0.15) is 0 Å². The van der Waals surface area contributed by atoms with Gasteiger partial charge < -0.3 is 16.5 Å². The van der Waals surface area contributed by atoms with E-state index in [0.717, 1.165) is 12.8 Å². The first-order valence-corrected chi connectivity index (χ1v) is 4.10. The quantitative estimate of drug-likeness (QED) is 0.193. The summed E-state index contributed by atoms with van der Waals surface area (Å²) in [6, 6.07) is 0. The van der Waals surface area contributed by atoms with E-state index in [0.29, 0.717) is 18.1 Å². The van der Waals surface area contributed by atoms with Crippen molar-refractivity contribution >= 4 is 23.2 Å². The molecule has 0 heterocycles. The summed E-state index contributed by atoms with van der Waals surface area (Å²) in [7, 11) is 0. The van der Waals surface area contributed by atoms with E-state index >= 15 is 0 Å². The Hall–Kier alpha value is -0.880. The molecule has 0 aliphatic rings. The van der Waals surface area contributed by atoms with Crippen molar-refractivity contribution in [1.82, 2.24) is 10.7 Å². The summed E-state index contributed by atoms with van der Waals surface area (Å²) in [4.78, 5) is 10.3. The standard InChI is InChI=1S/C6H14N4OS/c7-5(11)3-1-2-4-9-6(12)10-8/h1-4,8H2,(H2,7,11)(H2,9,10,12). The smallest absolute Gasteiger partial charge is 0.217 e. The minimum Gasteiger partial charge on any atom is -0.370 e. The normalized spacial score (nSPS) is 9.08. The number of nitrogens with one attached hydrogen (secondary N) is 2. The lowest BCUT2D eigenvalue weighted by molar-refractivity contribution is -0.118. The summed E-state index contributed by atoms with van der Waals surface area (Å²) in [5, 5.41) is 3.26. The van der Waals surface area contributed by atoms with Gasteiger partial charge in [0.2, 0.25) is 5.91 Å². The molecule has 0 aromatic carbocycles. The van der Waals surface area contributed by atoms with E-state index in [1.807, 2.05) is 0 Å². The Balaban J connectivity index is 3.11. The van der Waals surface area contributed by atoms with E-state index in [-0.39, 0.29) is 5.91 Å². The molecular weight excluding hydrogens is 176 g/mol. The Kier molecular flexibility index (Phi) is 6.31. The summed E-state index contributed by atoms with van der Waals surface area (Å²) in [6.07, 6.45) is 2.05. The maximum Gasteiger partial charge on any atom is 0.217 e. The number of carbonyl (C=O) groups is 1. The predicted octanol–water partition coefficient (Wildman–Crippen LogP) is -1.02. The van der Waals surface area contributed by atoms with Gasteiger partial charge in [0, 0.05) is 13.0 Å². The third-order valence-corrected chi connectivity index (χ3v) is 1.53. The van der Waals surface area contributed by atoms with Gasteiger partial charge in [0.15, 0.2) is 5.11 Å². The third kappa shape index (κ3) is 7.23. The van der Waals surface area contributed by atoms with Crippen LogP contribution in [0.4, 0.5) is 0 Å². The molecule has 0 rings (SSSR count). The lowest BCUT2D eigenvalue weighted by Crippen LogP contribution is -2.39. The highest BCUT2D eigenvalue weighted by atomic mass is 32.1. The Bertz CT molecular complexity index is 162. The number of primary amides is 1. The van der Waals surface area contributed by atoms with E-state index in [2.05, 4.69) is 10.7 Å². The highest BCUT2D eigenvalue weighted by Gasteiger charge is 1.94. The van der Waals surface area contributed by atoms with Crippen molar-refractivity contribution in [2.75, 3.05) is 6.54 Å². The summed E-state index contributed by atoms with van der Waals surface area (Å²) in [6.45, 7) is 0.705. The largest absolute Gasteiger partial charge is 0.370 e. The number of amides is 1. The molecule has 0 saturated carbocycles. The first-order chi connectivity index (χ1) is 5.66. The molecule has 0 fully saturated rings. The van der Waals surface area contributed by atoms with Crippen molar-refractivity contribution < 1.29 is 4.79 Å². The van der Waals surface area contributed by atoms with Gasteiger partial charge in [-0.3, -0.25) is 4.79 Å². The Morgan fingerprint density at radius 3 is 2.58 bits per heavy atom. The molecule has 1 amide bonds. The molecule has 0 saturated heterocycles. The van der Waals surface area contributed by atoms with Crippen LogP contribution >= 0.6 is 12.2 Å². The number of unbranched alkanes of at least 4 members (excludes halogenated alkanes) is 1. The van der Waals surface area contributed by atoms with Crippen molar-refractivity contribution in [2.24, 2.45) is 11.6 Å². The molecule has 6 heteroatoms. The van der Waals surface area contributed by atoms with Crippen LogP contribution in [0.25, 0.3) is 0 Å². The monoisotopic (exact) mass is 190 g/mol. The predicted molar refractivity (Wildman–Crippen MR) is 51.0 cm³/mol. The molecule has 0 aliphatic heterocycles. The van der Waals surface area contributed by atoms with E-state index in [9.17, 15) is 4.79 Å². The number of rotatable bonds is 5. The second-order valence-electron chi connectivity index (χ2n) is 2.32. The lowest BCUT2D eigenvalue weighted by atomic mass is 10.2. The number of nitrogens with two attached hydrogens (primary N) is 2. The number of carbonyl (C=O) groups excluding carboxylic acids is 1. The molecule has 0 spiro atoms. The van der Waals surface area contributed by atoms with Gasteiger partial charge in [-0.15, -0.1) is 0 Å². The van der Waals surface area contributed by atoms with Gasteiger partial charge in [0.25, 0.3) is 0 Å². The van der Waals surface area contributed by atoms with Crippen molar-refractivity contribution in [3.05, 3.63) is 0 Å². The number of hydrogen-bond acceptors (Lipinski definition) is 3. The fourth-order valence-electron chi connectivity index (χ4n) is 0.677. The van der Waals surface area contributed by atoms with Gasteiger partial charge in [0.05, 0.1) is 0 Å². The Morgan fingerprint density at radius 2 is 2.08 bits per heavy atom. The maximum absolute atomic E-state index is 10.3. The van der Waals surface area contributed by atoms with Crippen LogP contribution < -0.4 is 22.3 Å². The van der Waals surface area contributed by atoms with Crippen LogP contribution in [-0.2, 0) is 4.79 Å². The van der Waals surface area contributed by atoms with Crippen molar-refractivity contribution in [2.45, 2.75) is 19.3 Å². The summed E-state index contributed by atoms with van der Waals surface area (Å²) in [5.41, 5.74) is 7.24. The van der Waals surface area contributed by atoms with E-state index < -0.39 is 0 Å². The van der Waals surface area contributed by atoms with E-state index in [1.54, 1.807) is 0 Å². The first-order valence-electron chi connectivity index (χ1n) is 3.69. The third-order valence-electron chi connectivity index (χ3n) is 1.27. The van der Waals surface area contributed by atoms with Crippen molar-refractivity contribution in [3.8, 4) is 0 Å². The Morgan fingerprint density at radius 1 is 1.42 bits per heavy atom. The van der Waals surface area contributed by atoms with Gasteiger partial charge in [-0.05, 0) is 25.1 Å². The molecular formula is C6H14N4OS. The molecule has 0 bridgehead atoms. The molecule has 0 aliphatic carbocycles. The van der Waals surface area contributed by atoms with Crippen LogP contribution in [0.15, 0.2) is 0 Å². The molecule has 12 heavy (non-hydrogen) atoms. The van der Waals surface area contributed by atoms with Gasteiger partial charge in [-0.25, -0.2) is 5.84 Å². The first kappa shape index (κ1) is 11.1. The van der Waals surface area contributed by atoms with Crippen LogP contribution in [-0.4, -0.2) is 17.6 Å². The van der Waals surface area contributed by atoms with E-state index in [1.165, 1.54) is 0 Å². The zero-order valence-electron chi connectivity index (χ0n) is 6.80. The average molecular weight is 190 g/mol. The second kappa shape index (κ2) is 6.81. The molecule has 5 nitrogen and oxygen atoms in total. The van der Waals surface area contributed by atoms with Crippen LogP contribution in [0.3, 0.4) is 0 Å². The topological polar surface area (TPSA) is 93.2 Å². The second-order valence-corrected chi connectivity index (χ2v) is 2.73. The molecule has 70 valence electrons. The molecule has 0 unspecified atom stereocenters. The molecule has 6 N–H and O–H groups in total. The highest BCUT2D eigenvalue weighted by Crippen LogP contribution is 1.91. The minimum absolute atomic E-state index is 0.269. The van der Waals surface area contributed by atoms with Gasteiger partial charge >= 0.3 is 0 Å².